The first-order valence-electron chi connectivity index (χ1n) is 10.0. The molecule has 6 nitrogen and oxygen atoms in total. The molecule has 0 fully saturated rings. The average Bonchev–Trinajstić information content (AvgIpc) is 3.12. The predicted octanol–water partition coefficient (Wildman–Crippen LogP) is 4.47. The molecule has 0 saturated heterocycles. The van der Waals surface area contributed by atoms with E-state index in [1.54, 1.807) is 35.0 Å². The number of ketones is 1. The molecule has 0 unspecified atom stereocenters. The van der Waals surface area contributed by atoms with Crippen LogP contribution < -0.4 is 14.2 Å². The third-order valence-electron chi connectivity index (χ3n) is 5.27. The van der Waals surface area contributed by atoms with Crippen molar-refractivity contribution in [3.63, 3.8) is 0 Å². The second-order valence-corrected chi connectivity index (χ2v) is 7.83. The fourth-order valence-electron chi connectivity index (χ4n) is 3.63. The minimum absolute atomic E-state index is 0.0936. The minimum Gasteiger partial charge on any atom is -0.493 e. The van der Waals surface area contributed by atoms with Gasteiger partial charge in [-0.25, -0.2) is 0 Å². The molecular weight excluding hydrogens is 384 g/mol. The second kappa shape index (κ2) is 8.78. The van der Waals surface area contributed by atoms with Gasteiger partial charge in [0.2, 0.25) is 5.75 Å². The summed E-state index contributed by atoms with van der Waals surface area (Å²) in [6.45, 7) is 5.72. The normalized spacial score (nSPS) is 13.0. The maximum absolute atomic E-state index is 12.3. The molecule has 0 aromatic heterocycles. The monoisotopic (exact) mass is 412 g/mol. The molecule has 3 rings (SSSR count). The number of hydrogen-bond acceptors (Lipinski definition) is 6. The average molecular weight is 412 g/mol. The Balaban J connectivity index is 2.08. The van der Waals surface area contributed by atoms with Crippen LogP contribution in [0.2, 0.25) is 0 Å². The highest BCUT2D eigenvalue weighted by atomic mass is 16.5. The van der Waals surface area contributed by atoms with Crippen LogP contribution in [0, 0.1) is 5.41 Å². The number of benzene rings is 2. The molecule has 0 radical (unpaired) electrons. The highest BCUT2D eigenvalue weighted by Gasteiger charge is 2.32. The molecule has 2 aromatic rings. The summed E-state index contributed by atoms with van der Waals surface area (Å²) < 4.78 is 22.4. The standard InChI is InChI=1S/C24H28O6/c1-6-29-23(26)24(2,3)14-30-21-18(11-13-20(27-4)22(21)28-5)15-8-7-9-17-16(15)10-12-19(17)25/h7-9,11,13H,6,10,12,14H2,1-5H3. The van der Waals surface area contributed by atoms with Crippen molar-refractivity contribution in [3.8, 4) is 28.4 Å². The Labute approximate surface area is 177 Å². The Kier molecular flexibility index (Phi) is 6.34. The molecule has 0 N–H and O–H groups in total. The molecule has 0 atom stereocenters. The number of carbonyl (C=O) groups is 2. The summed E-state index contributed by atoms with van der Waals surface area (Å²) in [5.41, 5.74) is 2.61. The third kappa shape index (κ3) is 3.99. The van der Waals surface area contributed by atoms with E-state index in [0.717, 1.165) is 22.3 Å². The van der Waals surface area contributed by atoms with E-state index in [0.29, 0.717) is 36.7 Å². The minimum atomic E-state index is -0.851. The number of hydrogen-bond donors (Lipinski definition) is 0. The van der Waals surface area contributed by atoms with Crippen LogP contribution >= 0.6 is 0 Å². The first-order valence-corrected chi connectivity index (χ1v) is 10.0. The maximum Gasteiger partial charge on any atom is 0.314 e. The topological polar surface area (TPSA) is 71.1 Å². The zero-order chi connectivity index (χ0) is 21.9. The van der Waals surface area contributed by atoms with Crippen molar-refractivity contribution in [1.82, 2.24) is 0 Å². The number of Topliss-reactive ketones (excluding diaryl/α,β-unsaturated/α-hetero) is 1. The van der Waals surface area contributed by atoms with Gasteiger partial charge in [0.25, 0.3) is 0 Å². The Hall–Kier alpha value is -3.02. The molecule has 0 bridgehead atoms. The van der Waals surface area contributed by atoms with Gasteiger partial charge >= 0.3 is 5.97 Å². The summed E-state index contributed by atoms with van der Waals surface area (Å²) >= 11 is 0. The van der Waals surface area contributed by atoms with Crippen molar-refractivity contribution in [3.05, 3.63) is 41.5 Å². The van der Waals surface area contributed by atoms with Crippen LogP contribution in [0.3, 0.4) is 0 Å². The maximum atomic E-state index is 12.3. The van der Waals surface area contributed by atoms with E-state index in [1.165, 1.54) is 0 Å². The molecule has 1 aliphatic rings. The second-order valence-electron chi connectivity index (χ2n) is 7.83. The van der Waals surface area contributed by atoms with Gasteiger partial charge in [-0.2, -0.15) is 0 Å². The van der Waals surface area contributed by atoms with E-state index in [4.69, 9.17) is 18.9 Å². The van der Waals surface area contributed by atoms with E-state index in [2.05, 4.69) is 0 Å². The Morgan fingerprint density at radius 2 is 1.70 bits per heavy atom. The Bertz CT molecular complexity index is 960. The number of fused-ring (bicyclic) bond motifs is 1. The SMILES string of the molecule is CCOC(=O)C(C)(C)COc1c(-c2cccc3c2CCC3=O)ccc(OC)c1OC. The number of methoxy groups -OCH3 is 2. The molecule has 6 heteroatoms. The van der Waals surface area contributed by atoms with Crippen molar-refractivity contribution < 1.29 is 28.5 Å². The molecule has 160 valence electrons. The van der Waals surface area contributed by atoms with Gasteiger partial charge in [0, 0.05) is 17.5 Å². The van der Waals surface area contributed by atoms with Crippen molar-refractivity contribution in [2.24, 2.45) is 5.41 Å². The molecule has 2 aromatic carbocycles. The van der Waals surface area contributed by atoms with Crippen molar-refractivity contribution in [1.29, 1.82) is 0 Å². The van der Waals surface area contributed by atoms with Crippen molar-refractivity contribution in [2.75, 3.05) is 27.4 Å². The zero-order valence-corrected chi connectivity index (χ0v) is 18.2. The lowest BCUT2D eigenvalue weighted by Gasteiger charge is -2.25. The fourth-order valence-corrected chi connectivity index (χ4v) is 3.63. The van der Waals surface area contributed by atoms with Gasteiger partial charge in [-0.05, 0) is 50.5 Å². The largest absolute Gasteiger partial charge is 0.493 e. The number of carbonyl (C=O) groups excluding carboxylic acids is 2. The van der Waals surface area contributed by atoms with E-state index in [-0.39, 0.29) is 18.4 Å². The third-order valence-corrected chi connectivity index (χ3v) is 5.27. The van der Waals surface area contributed by atoms with Gasteiger partial charge in [0.15, 0.2) is 17.3 Å². The van der Waals surface area contributed by atoms with Crippen LogP contribution in [0.25, 0.3) is 11.1 Å². The lowest BCUT2D eigenvalue weighted by molar-refractivity contribution is -0.155. The summed E-state index contributed by atoms with van der Waals surface area (Å²) in [5.74, 6) is 1.25. The number of rotatable bonds is 8. The van der Waals surface area contributed by atoms with E-state index >= 15 is 0 Å². The first-order chi connectivity index (χ1) is 14.3. The van der Waals surface area contributed by atoms with Crippen LogP contribution in [-0.4, -0.2) is 39.2 Å². The van der Waals surface area contributed by atoms with Crippen LogP contribution in [0.5, 0.6) is 17.2 Å². The smallest absolute Gasteiger partial charge is 0.314 e. The molecular formula is C24H28O6. The van der Waals surface area contributed by atoms with Gasteiger partial charge in [-0.15, -0.1) is 0 Å². The summed E-state index contributed by atoms with van der Waals surface area (Å²) in [7, 11) is 3.10. The summed E-state index contributed by atoms with van der Waals surface area (Å²) in [5, 5.41) is 0. The molecule has 0 aliphatic heterocycles. The lowest BCUT2D eigenvalue weighted by Crippen LogP contribution is -2.33. The van der Waals surface area contributed by atoms with Gasteiger partial charge in [-0.3, -0.25) is 9.59 Å². The highest BCUT2D eigenvalue weighted by Crippen LogP contribution is 2.47. The molecule has 30 heavy (non-hydrogen) atoms. The summed E-state index contributed by atoms with van der Waals surface area (Å²) in [6, 6.07) is 9.42. The summed E-state index contributed by atoms with van der Waals surface area (Å²) in [6.07, 6.45) is 1.19. The lowest BCUT2D eigenvalue weighted by atomic mass is 9.94. The van der Waals surface area contributed by atoms with E-state index in [9.17, 15) is 9.59 Å². The molecule has 0 spiro atoms. The molecule has 1 aliphatic carbocycles. The van der Waals surface area contributed by atoms with Crippen molar-refractivity contribution >= 4 is 11.8 Å². The Morgan fingerprint density at radius 3 is 2.37 bits per heavy atom. The van der Waals surface area contributed by atoms with Crippen LogP contribution in [0.15, 0.2) is 30.3 Å². The van der Waals surface area contributed by atoms with Gasteiger partial charge < -0.3 is 18.9 Å². The fraction of sp³-hybridized carbons (Fsp3) is 0.417. The Morgan fingerprint density at radius 1 is 0.967 bits per heavy atom. The number of ether oxygens (including phenoxy) is 4. The molecule has 0 heterocycles. The van der Waals surface area contributed by atoms with Gasteiger partial charge in [0.1, 0.15) is 6.61 Å². The molecule has 0 saturated carbocycles. The quantitative estimate of drug-likeness (QED) is 0.596. The van der Waals surface area contributed by atoms with E-state index < -0.39 is 5.41 Å². The van der Waals surface area contributed by atoms with Crippen molar-refractivity contribution in [2.45, 2.75) is 33.6 Å². The van der Waals surface area contributed by atoms with Crippen LogP contribution in [0.4, 0.5) is 0 Å². The van der Waals surface area contributed by atoms with E-state index in [1.807, 2.05) is 30.3 Å². The zero-order valence-electron chi connectivity index (χ0n) is 18.2. The van der Waals surface area contributed by atoms with Gasteiger partial charge in [-0.1, -0.05) is 18.2 Å². The van der Waals surface area contributed by atoms with Crippen LogP contribution in [0.1, 0.15) is 43.1 Å². The summed E-state index contributed by atoms with van der Waals surface area (Å²) in [4.78, 5) is 24.5. The highest BCUT2D eigenvalue weighted by molar-refractivity contribution is 6.02. The first kappa shape index (κ1) is 21.7. The van der Waals surface area contributed by atoms with Crippen LogP contribution in [-0.2, 0) is 16.0 Å². The van der Waals surface area contributed by atoms with Gasteiger partial charge in [0.05, 0.1) is 26.2 Å². The predicted molar refractivity (Wildman–Crippen MR) is 114 cm³/mol. The molecule has 0 amide bonds. The number of esters is 1.